The summed E-state index contributed by atoms with van der Waals surface area (Å²) < 4.78 is 42.1. The Morgan fingerprint density at radius 2 is 2.03 bits per heavy atom. The Morgan fingerprint density at radius 1 is 1.30 bits per heavy atom. The van der Waals surface area contributed by atoms with Crippen molar-refractivity contribution in [3.05, 3.63) is 40.5 Å². The van der Waals surface area contributed by atoms with Crippen LogP contribution in [0.25, 0.3) is 0 Å². The number of rotatable bonds is 9. The number of ether oxygens (including phenoxy) is 2. The monoisotopic (exact) mass is 486 g/mol. The van der Waals surface area contributed by atoms with Crippen molar-refractivity contribution >= 4 is 28.5 Å². The molecule has 0 saturated carbocycles. The fourth-order valence-electron chi connectivity index (χ4n) is 3.10. The van der Waals surface area contributed by atoms with Crippen molar-refractivity contribution in [2.24, 2.45) is 0 Å². The molecule has 4 N–H and O–H groups in total. The maximum Gasteiger partial charge on any atom is 0.344 e. The summed E-state index contributed by atoms with van der Waals surface area (Å²) in [7, 11) is 0. The molecule has 1 aliphatic rings. The third kappa shape index (κ3) is 6.81. The lowest BCUT2D eigenvalue weighted by atomic mass is 10.1. The van der Waals surface area contributed by atoms with Crippen LogP contribution in [0.3, 0.4) is 0 Å². The van der Waals surface area contributed by atoms with Crippen molar-refractivity contribution in [2.45, 2.75) is 19.6 Å². The smallest absolute Gasteiger partial charge is 0.344 e. The van der Waals surface area contributed by atoms with E-state index in [0.717, 1.165) is 12.1 Å². The number of amides is 2. The minimum absolute atomic E-state index is 0.0496. The Labute approximate surface area is 192 Å². The van der Waals surface area contributed by atoms with E-state index in [-0.39, 0.29) is 28.6 Å². The van der Waals surface area contributed by atoms with Gasteiger partial charge in [-0.05, 0) is 36.2 Å². The summed E-state index contributed by atoms with van der Waals surface area (Å²) in [6.07, 6.45) is -0.821. The molecule has 2 aromatic rings. The number of nitrogens with one attached hydrogen (secondary N) is 2. The fraction of sp³-hybridized carbons (Fsp3) is 0.450. The van der Waals surface area contributed by atoms with Crippen LogP contribution >= 0.6 is 11.5 Å². The molecule has 0 bridgehead atoms. The molecule has 10 nitrogen and oxygen atoms in total. The predicted molar refractivity (Wildman–Crippen MR) is 115 cm³/mol. The average molecular weight is 486 g/mol. The molecular formula is C20H24F2N4O6S. The molecule has 1 aliphatic heterocycles. The van der Waals surface area contributed by atoms with Gasteiger partial charge in [0.25, 0.3) is 0 Å². The van der Waals surface area contributed by atoms with E-state index in [1.54, 1.807) is 0 Å². The SMILES string of the molecule is Cc1cc(F)c(COc2nsc(NC(=O)NCC(O)CN3CCOCC3)c2C(=O)O)cc1F. The molecule has 0 aliphatic carbocycles. The van der Waals surface area contributed by atoms with E-state index in [2.05, 4.69) is 15.0 Å². The number of morpholine rings is 1. The Bertz CT molecular complexity index is 999. The highest BCUT2D eigenvalue weighted by atomic mass is 32.1. The van der Waals surface area contributed by atoms with Gasteiger partial charge in [0, 0.05) is 31.7 Å². The Kier molecular flexibility index (Phi) is 8.49. The van der Waals surface area contributed by atoms with E-state index in [4.69, 9.17) is 9.47 Å². The molecule has 2 heterocycles. The van der Waals surface area contributed by atoms with E-state index in [0.29, 0.717) is 44.4 Å². The van der Waals surface area contributed by atoms with Crippen LogP contribution in [-0.2, 0) is 11.3 Å². The van der Waals surface area contributed by atoms with Gasteiger partial charge in [0.2, 0.25) is 5.88 Å². The van der Waals surface area contributed by atoms with Gasteiger partial charge in [0.15, 0.2) is 5.56 Å². The standard InChI is InChI=1S/C20H24F2N4O6S/c1-11-6-15(22)12(7-14(11)21)10-32-17-16(19(28)29)18(33-25-17)24-20(30)23-8-13(27)9-26-2-4-31-5-3-26/h6-7,13,27H,2-5,8-10H2,1H3,(H,28,29)(H2,23,24,30). The van der Waals surface area contributed by atoms with Gasteiger partial charge in [-0.25, -0.2) is 18.4 Å². The molecule has 3 rings (SSSR count). The van der Waals surface area contributed by atoms with E-state index in [1.165, 1.54) is 6.92 Å². The molecule has 1 unspecified atom stereocenters. The van der Waals surface area contributed by atoms with Crippen molar-refractivity contribution in [1.82, 2.24) is 14.6 Å². The lowest BCUT2D eigenvalue weighted by molar-refractivity contribution is 0.0154. The van der Waals surface area contributed by atoms with E-state index in [1.807, 2.05) is 4.90 Å². The summed E-state index contributed by atoms with van der Waals surface area (Å²) in [4.78, 5) is 25.9. The van der Waals surface area contributed by atoms with Crippen LogP contribution in [0.4, 0.5) is 18.6 Å². The number of hydrogen-bond acceptors (Lipinski definition) is 8. The summed E-state index contributed by atoms with van der Waals surface area (Å²) in [5, 5.41) is 24.3. The molecule has 1 fully saturated rings. The largest absolute Gasteiger partial charge is 0.477 e. The van der Waals surface area contributed by atoms with Crippen molar-refractivity contribution in [3.8, 4) is 5.88 Å². The fourth-order valence-corrected chi connectivity index (χ4v) is 3.82. The van der Waals surface area contributed by atoms with Crippen LogP contribution in [0, 0.1) is 18.6 Å². The maximum atomic E-state index is 14.0. The normalized spacial score (nSPS) is 15.2. The highest BCUT2D eigenvalue weighted by molar-refractivity contribution is 7.11. The average Bonchev–Trinajstić information content (AvgIpc) is 3.17. The second kappa shape index (κ2) is 11.3. The molecule has 1 saturated heterocycles. The van der Waals surface area contributed by atoms with Crippen molar-refractivity contribution in [2.75, 3.05) is 44.7 Å². The number of aromatic nitrogens is 1. The van der Waals surface area contributed by atoms with Crippen molar-refractivity contribution in [3.63, 3.8) is 0 Å². The molecule has 0 radical (unpaired) electrons. The van der Waals surface area contributed by atoms with Gasteiger partial charge < -0.3 is 25.0 Å². The van der Waals surface area contributed by atoms with Crippen molar-refractivity contribution < 1.29 is 38.1 Å². The number of β-amino-alcohol motifs (C(OH)–C–C–N with tert-alkyl or cyclic N) is 1. The van der Waals surface area contributed by atoms with E-state index < -0.39 is 41.9 Å². The van der Waals surface area contributed by atoms with Crippen LogP contribution in [0.15, 0.2) is 12.1 Å². The van der Waals surface area contributed by atoms with Crippen LogP contribution in [0.2, 0.25) is 0 Å². The third-order valence-electron chi connectivity index (χ3n) is 4.86. The molecule has 1 aromatic carbocycles. The zero-order valence-electron chi connectivity index (χ0n) is 17.8. The van der Waals surface area contributed by atoms with Gasteiger partial charge in [-0.1, -0.05) is 0 Å². The number of carboxylic acid groups (broad SMARTS) is 1. The van der Waals surface area contributed by atoms with Gasteiger partial charge in [0.05, 0.1) is 19.3 Å². The summed E-state index contributed by atoms with van der Waals surface area (Å²) in [5.41, 5.74) is -0.398. The first-order chi connectivity index (χ1) is 15.7. The highest BCUT2D eigenvalue weighted by Crippen LogP contribution is 2.31. The van der Waals surface area contributed by atoms with Gasteiger partial charge in [-0.15, -0.1) is 0 Å². The number of carbonyl (C=O) groups is 2. The molecule has 33 heavy (non-hydrogen) atoms. The number of hydrogen-bond donors (Lipinski definition) is 4. The van der Waals surface area contributed by atoms with Gasteiger partial charge in [-0.3, -0.25) is 10.2 Å². The molecule has 1 atom stereocenters. The minimum atomic E-state index is -1.42. The van der Waals surface area contributed by atoms with Crippen LogP contribution < -0.4 is 15.4 Å². The number of nitrogens with zero attached hydrogens (tertiary/aromatic N) is 2. The molecule has 1 aromatic heterocycles. The summed E-state index contributed by atoms with van der Waals surface area (Å²) in [6, 6.07) is 1.24. The number of anilines is 1. The Balaban J connectivity index is 1.56. The number of aliphatic hydroxyl groups is 1. The first kappa shape index (κ1) is 24.8. The second-order valence-corrected chi connectivity index (χ2v) is 8.15. The number of halogens is 2. The molecular weight excluding hydrogens is 462 g/mol. The highest BCUT2D eigenvalue weighted by Gasteiger charge is 2.24. The topological polar surface area (TPSA) is 133 Å². The van der Waals surface area contributed by atoms with E-state index in [9.17, 15) is 28.6 Å². The number of urea groups is 1. The first-order valence-corrected chi connectivity index (χ1v) is 10.8. The van der Waals surface area contributed by atoms with Gasteiger partial charge >= 0.3 is 12.0 Å². The predicted octanol–water partition coefficient (Wildman–Crippen LogP) is 1.82. The number of benzene rings is 1. The first-order valence-electron chi connectivity index (χ1n) is 10.1. The Hall–Kier alpha value is -2.87. The summed E-state index contributed by atoms with van der Waals surface area (Å²) in [6.45, 7) is 3.82. The number of aromatic carboxylic acids is 1. The maximum absolute atomic E-state index is 14.0. The lowest BCUT2D eigenvalue weighted by Gasteiger charge is -2.28. The number of carboxylic acids is 1. The molecule has 0 spiro atoms. The second-order valence-electron chi connectivity index (χ2n) is 7.38. The summed E-state index contributed by atoms with van der Waals surface area (Å²) >= 11 is 0.660. The molecule has 2 amide bonds. The quantitative estimate of drug-likeness (QED) is 0.422. The number of carbonyl (C=O) groups excluding carboxylic acids is 1. The zero-order valence-corrected chi connectivity index (χ0v) is 18.6. The lowest BCUT2D eigenvalue weighted by Crippen LogP contribution is -2.45. The van der Waals surface area contributed by atoms with Crippen molar-refractivity contribution in [1.29, 1.82) is 0 Å². The van der Waals surface area contributed by atoms with Crippen LogP contribution in [0.5, 0.6) is 5.88 Å². The van der Waals surface area contributed by atoms with Gasteiger partial charge in [0.1, 0.15) is 23.2 Å². The van der Waals surface area contributed by atoms with Crippen LogP contribution in [-0.4, -0.2) is 77.0 Å². The summed E-state index contributed by atoms with van der Waals surface area (Å²) in [5.74, 6) is -3.08. The molecule has 180 valence electrons. The van der Waals surface area contributed by atoms with E-state index >= 15 is 0 Å². The minimum Gasteiger partial charge on any atom is -0.477 e. The number of aryl methyl sites for hydroxylation is 1. The number of aliphatic hydroxyl groups excluding tert-OH is 1. The van der Waals surface area contributed by atoms with Crippen LogP contribution in [0.1, 0.15) is 21.5 Å². The third-order valence-corrected chi connectivity index (χ3v) is 5.61. The molecule has 13 heteroatoms. The zero-order chi connectivity index (χ0) is 24.0. The Morgan fingerprint density at radius 3 is 2.73 bits per heavy atom. The van der Waals surface area contributed by atoms with Gasteiger partial charge in [-0.2, -0.15) is 4.37 Å².